The van der Waals surface area contributed by atoms with Gasteiger partial charge in [-0.3, -0.25) is 4.79 Å². The summed E-state index contributed by atoms with van der Waals surface area (Å²) in [6, 6.07) is 0.962. The van der Waals surface area contributed by atoms with Crippen molar-refractivity contribution >= 4 is 5.97 Å². The predicted molar refractivity (Wildman–Crippen MR) is 70.0 cm³/mol. The van der Waals surface area contributed by atoms with Gasteiger partial charge in [0.1, 0.15) is 0 Å². The maximum atomic E-state index is 11.4. The van der Waals surface area contributed by atoms with Crippen LogP contribution in [0.4, 0.5) is 0 Å². The number of piperidine rings is 1. The molecule has 0 aliphatic carbocycles. The Morgan fingerprint density at radius 3 is 2.71 bits per heavy atom. The van der Waals surface area contributed by atoms with E-state index >= 15 is 0 Å². The van der Waals surface area contributed by atoms with Crippen LogP contribution in [0.1, 0.15) is 65.2 Å². The molecule has 1 heterocycles. The lowest BCUT2D eigenvalue weighted by atomic mass is 9.93. The number of carbonyl (C=O) groups is 1. The second-order valence-electron chi connectivity index (χ2n) is 5.00. The molecule has 1 saturated heterocycles. The molecule has 1 aliphatic rings. The van der Waals surface area contributed by atoms with Gasteiger partial charge in [0.2, 0.25) is 0 Å². The minimum atomic E-state index is -0.0563. The summed E-state index contributed by atoms with van der Waals surface area (Å²) >= 11 is 0. The summed E-state index contributed by atoms with van der Waals surface area (Å²) in [5.74, 6) is -0.0563. The summed E-state index contributed by atoms with van der Waals surface area (Å²) in [6.07, 6.45) is 9.32. The van der Waals surface area contributed by atoms with Crippen molar-refractivity contribution in [3.63, 3.8) is 0 Å². The van der Waals surface area contributed by atoms with Crippen LogP contribution in [-0.4, -0.2) is 24.7 Å². The first kappa shape index (κ1) is 14.5. The molecule has 100 valence electrons. The van der Waals surface area contributed by atoms with Crippen LogP contribution in [0.25, 0.3) is 0 Å². The average Bonchev–Trinajstić information content (AvgIpc) is 2.30. The standard InChI is InChI=1S/C14H27NO2/c1-3-5-6-8-12-9-7-10-13(15-12)11-14(16)17-4-2/h12-13,15H,3-11H2,1-2H3/t12-,13-/m1/s1. The molecule has 1 fully saturated rings. The Kier molecular flexibility index (Phi) is 7.25. The van der Waals surface area contributed by atoms with Gasteiger partial charge in [0.25, 0.3) is 0 Å². The molecule has 1 rings (SSSR count). The van der Waals surface area contributed by atoms with E-state index in [0.717, 1.165) is 6.42 Å². The fourth-order valence-corrected chi connectivity index (χ4v) is 2.56. The lowest BCUT2D eigenvalue weighted by Gasteiger charge is -2.30. The highest BCUT2D eigenvalue weighted by atomic mass is 16.5. The van der Waals surface area contributed by atoms with Crippen molar-refractivity contribution < 1.29 is 9.53 Å². The summed E-state index contributed by atoms with van der Waals surface area (Å²) in [5, 5.41) is 3.60. The molecule has 2 atom stereocenters. The van der Waals surface area contributed by atoms with Crippen LogP contribution >= 0.6 is 0 Å². The number of ether oxygens (including phenoxy) is 1. The normalized spacial score (nSPS) is 24.6. The zero-order chi connectivity index (χ0) is 12.5. The van der Waals surface area contributed by atoms with Crippen LogP contribution in [-0.2, 0) is 9.53 Å². The molecule has 3 heteroatoms. The lowest BCUT2D eigenvalue weighted by molar-refractivity contribution is -0.143. The summed E-state index contributed by atoms with van der Waals surface area (Å²) < 4.78 is 5.00. The molecule has 0 aromatic carbocycles. The monoisotopic (exact) mass is 241 g/mol. The van der Waals surface area contributed by atoms with Crippen LogP contribution < -0.4 is 5.32 Å². The van der Waals surface area contributed by atoms with Crippen LogP contribution in [0.5, 0.6) is 0 Å². The molecule has 0 saturated carbocycles. The zero-order valence-corrected chi connectivity index (χ0v) is 11.3. The van der Waals surface area contributed by atoms with Gasteiger partial charge in [-0.15, -0.1) is 0 Å². The van der Waals surface area contributed by atoms with Crippen molar-refractivity contribution in [3.05, 3.63) is 0 Å². The molecule has 0 bridgehead atoms. The number of hydrogen-bond donors (Lipinski definition) is 1. The van der Waals surface area contributed by atoms with Gasteiger partial charge in [-0.2, -0.15) is 0 Å². The van der Waals surface area contributed by atoms with E-state index in [-0.39, 0.29) is 5.97 Å². The number of rotatable bonds is 7. The van der Waals surface area contributed by atoms with Crippen molar-refractivity contribution in [1.29, 1.82) is 0 Å². The van der Waals surface area contributed by atoms with Crippen molar-refractivity contribution in [3.8, 4) is 0 Å². The van der Waals surface area contributed by atoms with Gasteiger partial charge in [-0.25, -0.2) is 0 Å². The summed E-state index contributed by atoms with van der Waals surface area (Å²) in [4.78, 5) is 11.4. The summed E-state index contributed by atoms with van der Waals surface area (Å²) in [6.45, 7) is 4.59. The highest BCUT2D eigenvalue weighted by molar-refractivity contribution is 5.70. The lowest BCUT2D eigenvalue weighted by Crippen LogP contribution is -2.43. The molecule has 0 amide bonds. The topological polar surface area (TPSA) is 38.3 Å². The van der Waals surface area contributed by atoms with E-state index in [1.807, 2.05) is 6.92 Å². The number of esters is 1. The van der Waals surface area contributed by atoms with Gasteiger partial charge in [-0.05, 0) is 26.2 Å². The first-order valence-corrected chi connectivity index (χ1v) is 7.18. The van der Waals surface area contributed by atoms with E-state index in [1.165, 1.54) is 38.5 Å². The van der Waals surface area contributed by atoms with Crippen molar-refractivity contribution in [2.45, 2.75) is 77.3 Å². The third kappa shape index (κ3) is 6.06. The number of unbranched alkanes of at least 4 members (excludes halogenated alkanes) is 2. The minimum Gasteiger partial charge on any atom is -0.466 e. The number of carbonyl (C=O) groups excluding carboxylic acids is 1. The summed E-state index contributed by atoms with van der Waals surface area (Å²) in [5.41, 5.74) is 0. The SMILES string of the molecule is CCCCC[C@@H]1CCC[C@H](CC(=O)OCC)N1. The van der Waals surface area contributed by atoms with Crippen LogP contribution in [0.15, 0.2) is 0 Å². The van der Waals surface area contributed by atoms with Gasteiger partial charge < -0.3 is 10.1 Å². The fraction of sp³-hybridized carbons (Fsp3) is 0.929. The second kappa shape index (κ2) is 8.51. The highest BCUT2D eigenvalue weighted by Gasteiger charge is 2.22. The Labute approximate surface area is 105 Å². The minimum absolute atomic E-state index is 0.0563. The van der Waals surface area contributed by atoms with E-state index in [9.17, 15) is 4.79 Å². The van der Waals surface area contributed by atoms with Gasteiger partial charge in [0.15, 0.2) is 0 Å². The smallest absolute Gasteiger partial charge is 0.307 e. The first-order valence-electron chi connectivity index (χ1n) is 7.18. The van der Waals surface area contributed by atoms with E-state index < -0.39 is 0 Å². The van der Waals surface area contributed by atoms with Gasteiger partial charge in [0, 0.05) is 12.1 Å². The average molecular weight is 241 g/mol. The summed E-state index contributed by atoms with van der Waals surface area (Å²) in [7, 11) is 0. The Balaban J connectivity index is 2.21. The van der Waals surface area contributed by atoms with E-state index in [0.29, 0.717) is 25.1 Å². The molecule has 17 heavy (non-hydrogen) atoms. The number of nitrogens with one attached hydrogen (secondary N) is 1. The van der Waals surface area contributed by atoms with E-state index in [2.05, 4.69) is 12.2 Å². The fourth-order valence-electron chi connectivity index (χ4n) is 2.56. The Morgan fingerprint density at radius 2 is 2.00 bits per heavy atom. The Bertz CT molecular complexity index is 218. The van der Waals surface area contributed by atoms with Crippen molar-refractivity contribution in [2.75, 3.05) is 6.61 Å². The van der Waals surface area contributed by atoms with Gasteiger partial charge in [-0.1, -0.05) is 32.6 Å². The maximum Gasteiger partial charge on any atom is 0.307 e. The Hall–Kier alpha value is -0.570. The molecule has 1 aliphatic heterocycles. The molecule has 0 aromatic heterocycles. The molecule has 0 unspecified atom stereocenters. The quantitative estimate of drug-likeness (QED) is 0.550. The van der Waals surface area contributed by atoms with Crippen molar-refractivity contribution in [2.24, 2.45) is 0 Å². The Morgan fingerprint density at radius 1 is 1.24 bits per heavy atom. The molecule has 0 aromatic rings. The third-order valence-electron chi connectivity index (χ3n) is 3.45. The highest BCUT2D eigenvalue weighted by Crippen LogP contribution is 2.19. The second-order valence-corrected chi connectivity index (χ2v) is 5.00. The maximum absolute atomic E-state index is 11.4. The molecule has 0 radical (unpaired) electrons. The largest absolute Gasteiger partial charge is 0.466 e. The van der Waals surface area contributed by atoms with E-state index in [4.69, 9.17) is 4.74 Å². The van der Waals surface area contributed by atoms with E-state index in [1.54, 1.807) is 0 Å². The molecule has 0 spiro atoms. The molecule has 3 nitrogen and oxygen atoms in total. The van der Waals surface area contributed by atoms with Crippen molar-refractivity contribution in [1.82, 2.24) is 5.32 Å². The number of hydrogen-bond acceptors (Lipinski definition) is 3. The molecular formula is C14H27NO2. The van der Waals surface area contributed by atoms with Gasteiger partial charge in [0.05, 0.1) is 13.0 Å². The van der Waals surface area contributed by atoms with Crippen LogP contribution in [0, 0.1) is 0 Å². The zero-order valence-electron chi connectivity index (χ0n) is 11.3. The van der Waals surface area contributed by atoms with Crippen LogP contribution in [0.3, 0.4) is 0 Å². The molecular weight excluding hydrogens is 214 g/mol. The molecule has 1 N–H and O–H groups in total. The third-order valence-corrected chi connectivity index (χ3v) is 3.45. The van der Waals surface area contributed by atoms with Gasteiger partial charge >= 0.3 is 5.97 Å². The predicted octanol–water partition coefficient (Wildman–Crippen LogP) is 3.03. The first-order chi connectivity index (χ1) is 8.26. The van der Waals surface area contributed by atoms with Crippen LogP contribution in [0.2, 0.25) is 0 Å².